The van der Waals surface area contributed by atoms with Gasteiger partial charge < -0.3 is 4.90 Å². The zero-order valence-corrected chi connectivity index (χ0v) is 10.8. The minimum absolute atomic E-state index is 0.567. The van der Waals surface area contributed by atoms with Gasteiger partial charge in [0.25, 0.3) is 0 Å². The number of benzene rings is 1. The van der Waals surface area contributed by atoms with Gasteiger partial charge in [-0.25, -0.2) is 0 Å². The molecule has 0 amide bonds. The number of hydrogen-bond acceptors (Lipinski definition) is 2. The highest BCUT2D eigenvalue weighted by molar-refractivity contribution is 5.19. The summed E-state index contributed by atoms with van der Waals surface area (Å²) >= 11 is 0. The molecule has 2 aliphatic rings. The van der Waals surface area contributed by atoms with Crippen LogP contribution in [0.4, 0.5) is 0 Å². The Morgan fingerprint density at radius 3 is 2.71 bits per heavy atom. The van der Waals surface area contributed by atoms with E-state index in [2.05, 4.69) is 54.1 Å². The quantitative estimate of drug-likeness (QED) is 0.769. The minimum atomic E-state index is 0.567. The molecular formula is C15H22N2. The lowest BCUT2D eigenvalue weighted by Crippen LogP contribution is -2.36. The summed E-state index contributed by atoms with van der Waals surface area (Å²) in [6, 6.07) is 12.3. The van der Waals surface area contributed by atoms with Gasteiger partial charge in [0.15, 0.2) is 0 Å². The number of hydrogen-bond donors (Lipinski definition) is 0. The zero-order chi connectivity index (χ0) is 11.8. The van der Waals surface area contributed by atoms with Crippen LogP contribution in [0.15, 0.2) is 30.3 Å². The first kappa shape index (κ1) is 11.2. The summed E-state index contributed by atoms with van der Waals surface area (Å²) in [4.78, 5) is 5.20. The highest BCUT2D eigenvalue weighted by atomic mass is 15.3. The van der Waals surface area contributed by atoms with Gasteiger partial charge in [0.2, 0.25) is 0 Å². The van der Waals surface area contributed by atoms with Gasteiger partial charge in [-0.3, -0.25) is 4.90 Å². The average Bonchev–Trinajstić information content (AvgIpc) is 2.88. The van der Waals surface area contributed by atoms with Crippen molar-refractivity contribution in [2.75, 3.05) is 26.7 Å². The van der Waals surface area contributed by atoms with Crippen molar-refractivity contribution in [1.29, 1.82) is 0 Å². The van der Waals surface area contributed by atoms with Crippen LogP contribution in [-0.2, 0) is 0 Å². The molecule has 0 spiro atoms. The van der Waals surface area contributed by atoms with Gasteiger partial charge in [-0.1, -0.05) is 30.3 Å². The van der Waals surface area contributed by atoms with E-state index in [1.165, 1.54) is 31.6 Å². The Kier molecular flexibility index (Phi) is 2.93. The molecule has 0 bridgehead atoms. The van der Waals surface area contributed by atoms with Crippen molar-refractivity contribution in [2.45, 2.75) is 25.4 Å². The van der Waals surface area contributed by atoms with E-state index in [0.29, 0.717) is 6.04 Å². The van der Waals surface area contributed by atoms with Crippen LogP contribution < -0.4 is 0 Å². The summed E-state index contributed by atoms with van der Waals surface area (Å²) in [5.74, 6) is 0.908. The maximum absolute atomic E-state index is 2.71. The molecule has 1 aromatic rings. The van der Waals surface area contributed by atoms with Gasteiger partial charge in [0.05, 0.1) is 0 Å². The van der Waals surface area contributed by atoms with Crippen LogP contribution in [-0.4, -0.2) is 42.5 Å². The molecule has 0 aromatic heterocycles. The van der Waals surface area contributed by atoms with E-state index in [1.807, 2.05) is 0 Å². The fourth-order valence-electron chi connectivity index (χ4n) is 3.61. The Balaban J connectivity index is 1.77. The third-order valence-electron chi connectivity index (χ3n) is 4.55. The van der Waals surface area contributed by atoms with Crippen LogP contribution >= 0.6 is 0 Å². The summed E-state index contributed by atoms with van der Waals surface area (Å²) in [6.45, 7) is 6.18. The number of nitrogens with zero attached hydrogens (tertiary/aromatic N) is 2. The number of rotatable bonds is 2. The summed E-state index contributed by atoms with van der Waals surface area (Å²) < 4.78 is 0. The number of likely N-dealkylation sites (tertiary alicyclic amines) is 2. The van der Waals surface area contributed by atoms with Gasteiger partial charge >= 0.3 is 0 Å². The molecule has 2 saturated heterocycles. The molecule has 0 N–H and O–H groups in total. The maximum atomic E-state index is 2.71. The van der Waals surface area contributed by atoms with Crippen LogP contribution in [0.2, 0.25) is 0 Å². The van der Waals surface area contributed by atoms with Gasteiger partial charge in [0, 0.05) is 25.2 Å². The highest BCUT2D eigenvalue weighted by Crippen LogP contribution is 2.36. The van der Waals surface area contributed by atoms with Crippen molar-refractivity contribution in [1.82, 2.24) is 9.80 Å². The molecule has 0 unspecified atom stereocenters. The molecule has 17 heavy (non-hydrogen) atoms. The normalized spacial score (nSPS) is 31.6. The topological polar surface area (TPSA) is 6.48 Å². The molecule has 1 aromatic carbocycles. The minimum Gasteiger partial charge on any atom is -0.304 e. The lowest BCUT2D eigenvalue weighted by atomic mass is 10.0. The van der Waals surface area contributed by atoms with Crippen LogP contribution in [0.3, 0.4) is 0 Å². The summed E-state index contributed by atoms with van der Waals surface area (Å²) in [6.07, 6.45) is 1.38. The van der Waals surface area contributed by atoms with E-state index in [4.69, 9.17) is 0 Å². The Morgan fingerprint density at radius 2 is 1.94 bits per heavy atom. The summed E-state index contributed by atoms with van der Waals surface area (Å²) in [7, 11) is 2.25. The molecule has 2 nitrogen and oxygen atoms in total. The van der Waals surface area contributed by atoms with E-state index >= 15 is 0 Å². The van der Waals surface area contributed by atoms with E-state index < -0.39 is 0 Å². The second-order valence-corrected chi connectivity index (χ2v) is 5.66. The summed E-state index contributed by atoms with van der Waals surface area (Å²) in [5.41, 5.74) is 1.46. The first-order chi connectivity index (χ1) is 8.25. The van der Waals surface area contributed by atoms with Crippen LogP contribution in [0.25, 0.3) is 0 Å². The monoisotopic (exact) mass is 230 g/mol. The highest BCUT2D eigenvalue weighted by Gasteiger charge is 2.41. The first-order valence-corrected chi connectivity index (χ1v) is 6.75. The van der Waals surface area contributed by atoms with E-state index in [9.17, 15) is 0 Å². The molecule has 0 saturated carbocycles. The van der Waals surface area contributed by atoms with Crippen LogP contribution in [0.1, 0.15) is 24.9 Å². The van der Waals surface area contributed by atoms with Crippen molar-refractivity contribution in [3.8, 4) is 0 Å². The maximum Gasteiger partial charge on any atom is 0.0323 e. The molecular weight excluding hydrogens is 208 g/mol. The van der Waals surface area contributed by atoms with Crippen LogP contribution in [0.5, 0.6) is 0 Å². The SMILES string of the molecule is C[C@H](c1ccccc1)N1CC[C@@H]2CN(C)C[C@@H]21. The Hall–Kier alpha value is -0.860. The second-order valence-electron chi connectivity index (χ2n) is 5.66. The largest absolute Gasteiger partial charge is 0.304 e. The van der Waals surface area contributed by atoms with E-state index in [1.54, 1.807) is 0 Å². The zero-order valence-electron chi connectivity index (χ0n) is 10.8. The van der Waals surface area contributed by atoms with Gasteiger partial charge in [0.1, 0.15) is 0 Å². The molecule has 92 valence electrons. The van der Waals surface area contributed by atoms with Gasteiger partial charge in [-0.15, -0.1) is 0 Å². The predicted octanol–water partition coefficient (Wildman–Crippen LogP) is 2.38. The second kappa shape index (κ2) is 4.43. The lowest BCUT2D eigenvalue weighted by Gasteiger charge is -2.30. The van der Waals surface area contributed by atoms with Gasteiger partial charge in [-0.05, 0) is 38.4 Å². The smallest absolute Gasteiger partial charge is 0.0323 e. The molecule has 0 aliphatic carbocycles. The molecule has 3 atom stereocenters. The third-order valence-corrected chi connectivity index (χ3v) is 4.55. The average molecular weight is 230 g/mol. The number of likely N-dealkylation sites (N-methyl/N-ethyl adjacent to an activating group) is 1. The van der Waals surface area contributed by atoms with Crippen molar-refractivity contribution in [3.05, 3.63) is 35.9 Å². The van der Waals surface area contributed by atoms with Crippen molar-refractivity contribution >= 4 is 0 Å². The standard InChI is InChI=1S/C15H22N2/c1-12(13-6-4-3-5-7-13)17-9-8-14-10-16(2)11-15(14)17/h3-7,12,14-15H,8-11H2,1-2H3/t12-,14-,15+/m1/s1. The first-order valence-electron chi connectivity index (χ1n) is 6.75. The van der Waals surface area contributed by atoms with Crippen LogP contribution in [0, 0.1) is 5.92 Å². The fraction of sp³-hybridized carbons (Fsp3) is 0.600. The molecule has 2 heteroatoms. The molecule has 2 aliphatic heterocycles. The number of fused-ring (bicyclic) bond motifs is 1. The predicted molar refractivity (Wildman–Crippen MR) is 71.0 cm³/mol. The molecule has 0 radical (unpaired) electrons. The lowest BCUT2D eigenvalue weighted by molar-refractivity contribution is 0.181. The Morgan fingerprint density at radius 1 is 1.18 bits per heavy atom. The molecule has 2 fully saturated rings. The Bertz CT molecular complexity index is 376. The Labute approximate surface area is 104 Å². The van der Waals surface area contributed by atoms with E-state index in [-0.39, 0.29) is 0 Å². The summed E-state index contributed by atoms with van der Waals surface area (Å²) in [5, 5.41) is 0. The molecule has 2 heterocycles. The van der Waals surface area contributed by atoms with Crippen molar-refractivity contribution < 1.29 is 0 Å². The third kappa shape index (κ3) is 2.00. The van der Waals surface area contributed by atoms with Crippen molar-refractivity contribution in [3.63, 3.8) is 0 Å². The fourth-order valence-corrected chi connectivity index (χ4v) is 3.61. The van der Waals surface area contributed by atoms with Gasteiger partial charge in [-0.2, -0.15) is 0 Å². The van der Waals surface area contributed by atoms with Crippen molar-refractivity contribution in [2.24, 2.45) is 5.92 Å². The van der Waals surface area contributed by atoms with E-state index in [0.717, 1.165) is 12.0 Å². The molecule has 3 rings (SSSR count).